The summed E-state index contributed by atoms with van der Waals surface area (Å²) >= 11 is 0. The molecule has 0 radical (unpaired) electrons. The van der Waals surface area contributed by atoms with Gasteiger partial charge in [-0.1, -0.05) is 37.3 Å². The Morgan fingerprint density at radius 1 is 1.06 bits per heavy atom. The highest BCUT2D eigenvalue weighted by atomic mass is 16.5. The van der Waals surface area contributed by atoms with E-state index in [0.717, 1.165) is 15.8 Å². The number of nitrogens with zero attached hydrogens (tertiary/aromatic N) is 3. The van der Waals surface area contributed by atoms with Crippen molar-refractivity contribution < 1.29 is 9.53 Å². The van der Waals surface area contributed by atoms with E-state index >= 15 is 0 Å². The van der Waals surface area contributed by atoms with E-state index in [1.54, 1.807) is 7.11 Å². The Kier molecular flexibility index (Phi) is 7.14. The third kappa shape index (κ3) is 4.74. The van der Waals surface area contributed by atoms with Crippen LogP contribution in [0.2, 0.25) is 0 Å². The minimum absolute atomic E-state index is 0.0784. The molecule has 0 saturated carbocycles. The molecule has 0 atom stereocenters. The average Bonchev–Trinajstić information content (AvgIpc) is 2.81. The third-order valence-corrected chi connectivity index (χ3v) is 5.30. The minimum atomic E-state index is -0.681. The fourth-order valence-electron chi connectivity index (χ4n) is 3.57. The Morgan fingerprint density at radius 3 is 2.31 bits per heavy atom. The van der Waals surface area contributed by atoms with Gasteiger partial charge in [0.15, 0.2) is 5.78 Å². The number of aromatic nitrogens is 2. The first-order chi connectivity index (χ1) is 15.4. The van der Waals surface area contributed by atoms with Crippen molar-refractivity contribution in [3.8, 4) is 5.75 Å². The van der Waals surface area contributed by atoms with E-state index in [4.69, 9.17) is 10.5 Å². The first-order valence-corrected chi connectivity index (χ1v) is 10.4. The molecule has 2 aromatic carbocycles. The van der Waals surface area contributed by atoms with E-state index in [9.17, 15) is 14.4 Å². The van der Waals surface area contributed by atoms with Crippen LogP contribution in [-0.2, 0) is 20.1 Å². The quantitative estimate of drug-likeness (QED) is 0.517. The molecule has 8 heteroatoms. The van der Waals surface area contributed by atoms with Gasteiger partial charge in [-0.05, 0) is 36.2 Å². The SMILES string of the molecule is CCCn1c(N)c(C(=O)CN(Cc2ccccc2)c2ccc(OC)cc2)c(=O)n(C)c1=O. The number of benzene rings is 2. The number of nitrogens with two attached hydrogens (primary N) is 1. The Labute approximate surface area is 186 Å². The number of anilines is 2. The van der Waals surface area contributed by atoms with Crippen LogP contribution in [0.1, 0.15) is 29.3 Å². The molecule has 3 aromatic rings. The fraction of sp³-hybridized carbons (Fsp3) is 0.292. The van der Waals surface area contributed by atoms with Crippen LogP contribution in [0, 0.1) is 0 Å². The molecule has 0 fully saturated rings. The second kappa shape index (κ2) is 10.00. The lowest BCUT2D eigenvalue weighted by Gasteiger charge is -2.25. The van der Waals surface area contributed by atoms with Gasteiger partial charge < -0.3 is 15.4 Å². The topological polar surface area (TPSA) is 99.6 Å². The number of ketones is 1. The number of methoxy groups -OCH3 is 1. The van der Waals surface area contributed by atoms with Crippen LogP contribution in [0.15, 0.2) is 64.2 Å². The predicted octanol–water partition coefficient (Wildman–Crippen LogP) is 2.44. The molecular weight excluding hydrogens is 408 g/mol. The second-order valence-electron chi connectivity index (χ2n) is 7.52. The molecule has 0 aliphatic heterocycles. The van der Waals surface area contributed by atoms with Crippen molar-refractivity contribution in [3.05, 3.63) is 86.6 Å². The van der Waals surface area contributed by atoms with Crippen molar-refractivity contribution in [2.75, 3.05) is 24.3 Å². The van der Waals surface area contributed by atoms with Gasteiger partial charge in [-0.2, -0.15) is 0 Å². The summed E-state index contributed by atoms with van der Waals surface area (Å²) in [5.74, 6) is 0.170. The molecule has 3 rings (SSSR count). The van der Waals surface area contributed by atoms with Crippen LogP contribution in [-0.4, -0.2) is 28.6 Å². The van der Waals surface area contributed by atoms with Crippen LogP contribution in [0.25, 0.3) is 0 Å². The van der Waals surface area contributed by atoms with Crippen molar-refractivity contribution in [1.29, 1.82) is 0 Å². The van der Waals surface area contributed by atoms with E-state index in [2.05, 4.69) is 0 Å². The number of hydrogen-bond acceptors (Lipinski definition) is 6. The van der Waals surface area contributed by atoms with Gasteiger partial charge in [0.05, 0.1) is 13.7 Å². The van der Waals surface area contributed by atoms with Crippen LogP contribution in [0.5, 0.6) is 5.75 Å². The van der Waals surface area contributed by atoms with Crippen LogP contribution < -0.4 is 26.6 Å². The lowest BCUT2D eigenvalue weighted by molar-refractivity contribution is 0.0996. The molecule has 0 aliphatic rings. The zero-order valence-corrected chi connectivity index (χ0v) is 18.6. The van der Waals surface area contributed by atoms with Crippen LogP contribution in [0.3, 0.4) is 0 Å². The Bertz CT molecular complexity index is 1200. The predicted molar refractivity (Wildman–Crippen MR) is 125 cm³/mol. The summed E-state index contributed by atoms with van der Waals surface area (Å²) in [6, 6.07) is 17.1. The maximum atomic E-state index is 13.3. The summed E-state index contributed by atoms with van der Waals surface area (Å²) in [5, 5.41) is 0. The molecule has 0 unspecified atom stereocenters. The van der Waals surface area contributed by atoms with Gasteiger partial charge in [-0.3, -0.25) is 18.7 Å². The molecule has 32 heavy (non-hydrogen) atoms. The van der Waals surface area contributed by atoms with Crippen molar-refractivity contribution >= 4 is 17.3 Å². The zero-order chi connectivity index (χ0) is 23.3. The fourth-order valence-corrected chi connectivity index (χ4v) is 3.57. The summed E-state index contributed by atoms with van der Waals surface area (Å²) in [7, 11) is 2.95. The zero-order valence-electron chi connectivity index (χ0n) is 18.6. The average molecular weight is 437 g/mol. The first-order valence-electron chi connectivity index (χ1n) is 10.4. The monoisotopic (exact) mass is 436 g/mol. The molecule has 1 heterocycles. The smallest absolute Gasteiger partial charge is 0.332 e. The van der Waals surface area contributed by atoms with E-state index in [1.165, 1.54) is 11.6 Å². The Morgan fingerprint density at radius 2 is 1.72 bits per heavy atom. The van der Waals surface area contributed by atoms with E-state index in [1.807, 2.05) is 66.4 Å². The number of Topliss-reactive ketones (excluding diaryl/α,β-unsaturated/α-hetero) is 1. The molecule has 2 N–H and O–H groups in total. The third-order valence-electron chi connectivity index (χ3n) is 5.30. The number of nitrogen functional groups attached to an aromatic ring is 1. The standard InChI is InChI=1S/C24H28N4O4/c1-4-14-28-22(25)21(23(30)26(2)24(28)31)20(29)16-27(15-17-8-6-5-7-9-17)18-10-12-19(32-3)13-11-18/h5-13H,4,14-16,25H2,1-3H3. The van der Waals surface area contributed by atoms with E-state index in [-0.39, 0.29) is 17.9 Å². The molecule has 1 aromatic heterocycles. The van der Waals surface area contributed by atoms with E-state index < -0.39 is 17.0 Å². The molecule has 168 valence electrons. The maximum Gasteiger partial charge on any atom is 0.332 e. The number of carbonyl (C=O) groups excluding carboxylic acids is 1. The van der Waals surface area contributed by atoms with Gasteiger partial charge in [0.25, 0.3) is 5.56 Å². The largest absolute Gasteiger partial charge is 0.497 e. The molecule has 0 bridgehead atoms. The van der Waals surface area contributed by atoms with Crippen LogP contribution in [0.4, 0.5) is 11.5 Å². The van der Waals surface area contributed by atoms with Gasteiger partial charge in [-0.15, -0.1) is 0 Å². The summed E-state index contributed by atoms with van der Waals surface area (Å²) < 4.78 is 7.45. The Hall–Kier alpha value is -3.81. The summed E-state index contributed by atoms with van der Waals surface area (Å²) in [5.41, 5.74) is 6.57. The number of ether oxygens (including phenoxy) is 1. The molecule has 8 nitrogen and oxygen atoms in total. The van der Waals surface area contributed by atoms with Crippen molar-refractivity contribution in [2.45, 2.75) is 26.4 Å². The molecule has 0 amide bonds. The van der Waals surface area contributed by atoms with Gasteiger partial charge >= 0.3 is 5.69 Å². The van der Waals surface area contributed by atoms with Crippen molar-refractivity contribution in [1.82, 2.24) is 9.13 Å². The van der Waals surface area contributed by atoms with Gasteiger partial charge in [0.2, 0.25) is 0 Å². The lowest BCUT2D eigenvalue weighted by atomic mass is 10.1. The summed E-state index contributed by atoms with van der Waals surface area (Å²) in [6.45, 7) is 2.59. The summed E-state index contributed by atoms with van der Waals surface area (Å²) in [4.78, 5) is 40.4. The van der Waals surface area contributed by atoms with Crippen molar-refractivity contribution in [3.63, 3.8) is 0 Å². The normalized spacial score (nSPS) is 10.7. The van der Waals surface area contributed by atoms with Crippen molar-refractivity contribution in [2.24, 2.45) is 7.05 Å². The van der Waals surface area contributed by atoms with Gasteiger partial charge in [0, 0.05) is 25.8 Å². The van der Waals surface area contributed by atoms with Gasteiger partial charge in [-0.25, -0.2) is 4.79 Å². The lowest BCUT2D eigenvalue weighted by Crippen LogP contribution is -2.44. The second-order valence-corrected chi connectivity index (χ2v) is 7.52. The molecule has 0 spiro atoms. The van der Waals surface area contributed by atoms with E-state index in [0.29, 0.717) is 25.3 Å². The highest BCUT2D eigenvalue weighted by Gasteiger charge is 2.23. The number of rotatable bonds is 9. The highest BCUT2D eigenvalue weighted by Crippen LogP contribution is 2.22. The first kappa shape index (κ1) is 22.9. The molecule has 0 aliphatic carbocycles. The summed E-state index contributed by atoms with van der Waals surface area (Å²) in [6.07, 6.45) is 0.641. The number of hydrogen-bond donors (Lipinski definition) is 1. The van der Waals surface area contributed by atoms with Gasteiger partial charge in [0.1, 0.15) is 17.1 Å². The molecule has 0 saturated heterocycles. The molecular formula is C24H28N4O4. The minimum Gasteiger partial charge on any atom is -0.497 e. The maximum absolute atomic E-state index is 13.3. The highest BCUT2D eigenvalue weighted by molar-refractivity contribution is 6.02. The van der Waals surface area contributed by atoms with Crippen LogP contribution >= 0.6 is 0 Å². The Balaban J connectivity index is 2.01. The number of carbonyl (C=O) groups is 1.